The Balaban J connectivity index is 2.21. The predicted molar refractivity (Wildman–Crippen MR) is 73.9 cm³/mol. The Hall–Kier alpha value is -1.27. The van der Waals surface area contributed by atoms with Crippen LogP contribution in [0.2, 0.25) is 0 Å². The van der Waals surface area contributed by atoms with Crippen molar-refractivity contribution in [2.45, 2.75) is 26.3 Å². The first kappa shape index (κ1) is 14.1. The average molecular weight is 328 g/mol. The van der Waals surface area contributed by atoms with Crippen LogP contribution in [0.4, 0.5) is 4.39 Å². The van der Waals surface area contributed by atoms with Crippen molar-refractivity contribution in [1.29, 1.82) is 0 Å². The number of aromatic nitrogens is 2. The van der Waals surface area contributed by atoms with Crippen molar-refractivity contribution >= 4 is 15.9 Å². The van der Waals surface area contributed by atoms with Gasteiger partial charge in [-0.3, -0.25) is 0 Å². The topological polar surface area (TPSA) is 64.9 Å². The molecule has 1 heterocycles. The third-order valence-electron chi connectivity index (χ3n) is 2.91. The fourth-order valence-electron chi connectivity index (χ4n) is 1.56. The number of nitrogens with two attached hydrogens (primary N) is 1. The van der Waals surface area contributed by atoms with E-state index in [2.05, 4.69) is 26.1 Å². The molecule has 1 aromatic carbocycles. The second kappa shape index (κ2) is 5.79. The molecular weight excluding hydrogens is 313 g/mol. The number of hydrogen-bond donors (Lipinski definition) is 1. The quantitative estimate of drug-likeness (QED) is 0.936. The summed E-state index contributed by atoms with van der Waals surface area (Å²) in [5, 5.41) is 3.90. The van der Waals surface area contributed by atoms with E-state index in [-0.39, 0.29) is 11.9 Å². The van der Waals surface area contributed by atoms with Gasteiger partial charge in [0.15, 0.2) is 0 Å². The number of hydrogen-bond acceptors (Lipinski definition) is 4. The van der Waals surface area contributed by atoms with Gasteiger partial charge >= 0.3 is 0 Å². The van der Waals surface area contributed by atoms with Gasteiger partial charge in [0, 0.05) is 22.5 Å². The van der Waals surface area contributed by atoms with Gasteiger partial charge < -0.3 is 10.3 Å². The fourth-order valence-corrected chi connectivity index (χ4v) is 2.08. The van der Waals surface area contributed by atoms with Crippen LogP contribution in [0.1, 0.15) is 19.7 Å². The molecule has 0 spiro atoms. The van der Waals surface area contributed by atoms with Crippen LogP contribution in [0.3, 0.4) is 0 Å². The van der Waals surface area contributed by atoms with Crippen molar-refractivity contribution in [3.63, 3.8) is 0 Å². The monoisotopic (exact) mass is 327 g/mol. The van der Waals surface area contributed by atoms with E-state index in [9.17, 15) is 4.39 Å². The van der Waals surface area contributed by atoms with Crippen LogP contribution in [0.5, 0.6) is 0 Å². The Morgan fingerprint density at radius 3 is 2.79 bits per heavy atom. The molecule has 0 radical (unpaired) electrons. The number of halogens is 2. The van der Waals surface area contributed by atoms with Crippen molar-refractivity contribution in [2.24, 2.45) is 11.7 Å². The highest BCUT2D eigenvalue weighted by molar-refractivity contribution is 9.10. The molecule has 0 aliphatic rings. The minimum atomic E-state index is -0.318. The van der Waals surface area contributed by atoms with Crippen LogP contribution in [-0.2, 0) is 6.42 Å². The summed E-state index contributed by atoms with van der Waals surface area (Å²) in [7, 11) is 0. The zero-order valence-electron chi connectivity index (χ0n) is 10.7. The van der Waals surface area contributed by atoms with E-state index in [1.807, 2.05) is 13.8 Å². The maximum absolute atomic E-state index is 13.0. The van der Waals surface area contributed by atoms with Crippen molar-refractivity contribution in [2.75, 3.05) is 0 Å². The van der Waals surface area contributed by atoms with Gasteiger partial charge in [-0.25, -0.2) is 4.39 Å². The smallest absolute Gasteiger partial charge is 0.228 e. The van der Waals surface area contributed by atoms with Crippen LogP contribution in [0.25, 0.3) is 11.4 Å². The van der Waals surface area contributed by atoms with Gasteiger partial charge in [0.25, 0.3) is 0 Å². The lowest BCUT2D eigenvalue weighted by Gasteiger charge is -2.11. The summed E-state index contributed by atoms with van der Waals surface area (Å²) in [5.41, 5.74) is 6.65. The van der Waals surface area contributed by atoms with Crippen LogP contribution in [-0.4, -0.2) is 16.2 Å². The Morgan fingerprint density at radius 2 is 2.16 bits per heavy atom. The zero-order chi connectivity index (χ0) is 14.0. The summed E-state index contributed by atoms with van der Waals surface area (Å²) >= 11 is 3.28. The second-order valence-electron chi connectivity index (χ2n) is 4.75. The molecule has 2 N–H and O–H groups in total. The van der Waals surface area contributed by atoms with Gasteiger partial charge in [0.2, 0.25) is 11.7 Å². The first-order valence-corrected chi connectivity index (χ1v) is 6.80. The maximum atomic E-state index is 13.0. The standard InChI is InChI=1S/C13H15BrFN3O/c1-7(2)11(16)6-12-17-13(18-19-12)9-4-3-8(15)5-10(9)14/h3-5,7,11H,6,16H2,1-2H3. The molecule has 19 heavy (non-hydrogen) atoms. The van der Waals surface area contributed by atoms with Gasteiger partial charge in [-0.1, -0.05) is 19.0 Å². The van der Waals surface area contributed by atoms with E-state index < -0.39 is 0 Å². The van der Waals surface area contributed by atoms with Crippen molar-refractivity contribution < 1.29 is 8.91 Å². The Labute approximate surface area is 119 Å². The third kappa shape index (κ3) is 3.39. The molecule has 0 amide bonds. The zero-order valence-corrected chi connectivity index (χ0v) is 12.3. The van der Waals surface area contributed by atoms with Crippen LogP contribution >= 0.6 is 15.9 Å². The average Bonchev–Trinajstić information content (AvgIpc) is 2.77. The number of nitrogens with zero attached hydrogens (tertiary/aromatic N) is 2. The SMILES string of the molecule is CC(C)C(N)Cc1nc(-c2ccc(F)cc2Br)no1. The van der Waals surface area contributed by atoms with E-state index >= 15 is 0 Å². The molecule has 2 rings (SSSR count). The molecule has 2 aromatic rings. The van der Waals surface area contributed by atoms with Gasteiger partial charge in [0.05, 0.1) is 0 Å². The number of rotatable bonds is 4. The highest BCUT2D eigenvalue weighted by Crippen LogP contribution is 2.26. The first-order valence-electron chi connectivity index (χ1n) is 6.01. The van der Waals surface area contributed by atoms with Crippen LogP contribution < -0.4 is 5.73 Å². The molecule has 0 bridgehead atoms. The molecular formula is C13H15BrFN3O. The minimum Gasteiger partial charge on any atom is -0.339 e. The van der Waals surface area contributed by atoms with Crippen LogP contribution in [0.15, 0.2) is 27.2 Å². The summed E-state index contributed by atoms with van der Waals surface area (Å²) in [6, 6.07) is 4.31. The van der Waals surface area contributed by atoms with Gasteiger partial charge in [-0.2, -0.15) is 4.98 Å². The van der Waals surface area contributed by atoms with E-state index in [1.165, 1.54) is 12.1 Å². The van der Waals surface area contributed by atoms with Gasteiger partial charge in [-0.15, -0.1) is 0 Å². The van der Waals surface area contributed by atoms with E-state index in [4.69, 9.17) is 10.3 Å². The van der Waals surface area contributed by atoms with E-state index in [0.717, 1.165) is 0 Å². The largest absolute Gasteiger partial charge is 0.339 e. The van der Waals surface area contributed by atoms with Crippen molar-refractivity contribution in [1.82, 2.24) is 10.1 Å². The molecule has 0 aliphatic carbocycles. The number of benzene rings is 1. The molecule has 0 saturated heterocycles. The fraction of sp³-hybridized carbons (Fsp3) is 0.385. The molecule has 0 saturated carbocycles. The van der Waals surface area contributed by atoms with E-state index in [0.29, 0.717) is 34.1 Å². The molecule has 0 aliphatic heterocycles. The van der Waals surface area contributed by atoms with Gasteiger partial charge in [0.1, 0.15) is 5.82 Å². The maximum Gasteiger partial charge on any atom is 0.228 e. The minimum absolute atomic E-state index is 0.0232. The van der Waals surface area contributed by atoms with E-state index in [1.54, 1.807) is 6.07 Å². The summed E-state index contributed by atoms with van der Waals surface area (Å²) in [6.07, 6.45) is 0.531. The summed E-state index contributed by atoms with van der Waals surface area (Å²) in [5.74, 6) is 0.944. The van der Waals surface area contributed by atoms with Crippen LogP contribution in [0, 0.1) is 11.7 Å². The second-order valence-corrected chi connectivity index (χ2v) is 5.60. The molecule has 102 valence electrons. The van der Waals surface area contributed by atoms with Crippen molar-refractivity contribution in [3.8, 4) is 11.4 Å². The third-order valence-corrected chi connectivity index (χ3v) is 3.56. The lowest BCUT2D eigenvalue weighted by Crippen LogP contribution is -2.28. The lowest BCUT2D eigenvalue weighted by atomic mass is 10.0. The molecule has 1 unspecified atom stereocenters. The highest BCUT2D eigenvalue weighted by Gasteiger charge is 2.16. The molecule has 4 nitrogen and oxygen atoms in total. The molecule has 1 aromatic heterocycles. The highest BCUT2D eigenvalue weighted by atomic mass is 79.9. The summed E-state index contributed by atoms with van der Waals surface area (Å²) in [6.45, 7) is 4.08. The Kier molecular flexibility index (Phi) is 4.31. The molecule has 1 atom stereocenters. The normalized spacial score (nSPS) is 12.9. The predicted octanol–water partition coefficient (Wildman–Crippen LogP) is 3.16. The molecule has 0 fully saturated rings. The van der Waals surface area contributed by atoms with Crippen molar-refractivity contribution in [3.05, 3.63) is 34.4 Å². The molecule has 6 heteroatoms. The summed E-state index contributed by atoms with van der Waals surface area (Å²) in [4.78, 5) is 4.28. The lowest BCUT2D eigenvalue weighted by molar-refractivity contribution is 0.353. The first-order chi connectivity index (χ1) is 8.97. The summed E-state index contributed by atoms with van der Waals surface area (Å²) < 4.78 is 18.8. The Morgan fingerprint density at radius 1 is 1.42 bits per heavy atom. The van der Waals surface area contributed by atoms with Gasteiger partial charge in [-0.05, 0) is 40.0 Å². The Bertz CT molecular complexity index is 571.